The van der Waals surface area contributed by atoms with Crippen molar-refractivity contribution in [3.8, 4) is 0 Å². The number of benzene rings is 1. The molecule has 2 atom stereocenters. The molecule has 3 heteroatoms. The van der Waals surface area contributed by atoms with Crippen molar-refractivity contribution in [1.29, 1.82) is 0 Å². The molecule has 1 amide bonds. The number of aliphatic hydroxyl groups is 1. The Morgan fingerprint density at radius 3 is 2.83 bits per heavy atom. The normalized spacial score (nSPS) is 23.3. The van der Waals surface area contributed by atoms with Gasteiger partial charge in [0, 0.05) is 18.5 Å². The van der Waals surface area contributed by atoms with Crippen LogP contribution in [0, 0.1) is 11.3 Å². The van der Waals surface area contributed by atoms with Gasteiger partial charge < -0.3 is 10.0 Å². The highest BCUT2D eigenvalue weighted by atomic mass is 16.3. The van der Waals surface area contributed by atoms with Crippen molar-refractivity contribution in [3.05, 3.63) is 35.4 Å². The number of hydrogen-bond donors (Lipinski definition) is 1. The molecule has 0 bridgehead atoms. The van der Waals surface area contributed by atoms with Crippen molar-refractivity contribution >= 4 is 5.91 Å². The quantitative estimate of drug-likeness (QED) is 0.863. The number of nitrogens with zero attached hydrogens (tertiary/aromatic N) is 1. The molecule has 1 spiro atoms. The second kappa shape index (κ2) is 7.26. The Morgan fingerprint density at radius 2 is 2.17 bits per heavy atom. The molecule has 1 saturated heterocycles. The lowest BCUT2D eigenvalue weighted by molar-refractivity contribution is -0.149. The molecule has 1 heterocycles. The van der Waals surface area contributed by atoms with E-state index in [1.165, 1.54) is 30.4 Å². The molecule has 24 heavy (non-hydrogen) atoms. The maximum atomic E-state index is 12.5. The lowest BCUT2D eigenvalue weighted by Gasteiger charge is -2.49. The number of likely N-dealkylation sites (tertiary alicyclic amines) is 1. The monoisotopic (exact) mass is 329 g/mol. The summed E-state index contributed by atoms with van der Waals surface area (Å²) in [6.07, 6.45) is 6.52. The summed E-state index contributed by atoms with van der Waals surface area (Å²) in [6.45, 7) is 6.06. The van der Waals surface area contributed by atoms with E-state index in [1.54, 1.807) is 0 Å². The summed E-state index contributed by atoms with van der Waals surface area (Å²) < 4.78 is 0. The molecular weight excluding hydrogens is 298 g/mol. The van der Waals surface area contributed by atoms with Crippen molar-refractivity contribution in [1.82, 2.24) is 4.90 Å². The van der Waals surface area contributed by atoms with Crippen LogP contribution >= 0.6 is 0 Å². The van der Waals surface area contributed by atoms with E-state index in [9.17, 15) is 9.90 Å². The molecule has 1 aromatic carbocycles. The molecule has 1 aliphatic heterocycles. The predicted molar refractivity (Wildman–Crippen MR) is 96.9 cm³/mol. The highest BCUT2D eigenvalue weighted by Crippen LogP contribution is 2.52. The Morgan fingerprint density at radius 1 is 1.38 bits per heavy atom. The van der Waals surface area contributed by atoms with Gasteiger partial charge in [-0.15, -0.1) is 0 Å². The number of carbonyl (C=O) groups is 1. The third-order valence-corrected chi connectivity index (χ3v) is 6.10. The molecule has 1 aromatic rings. The second-order valence-corrected chi connectivity index (χ2v) is 7.90. The van der Waals surface area contributed by atoms with Gasteiger partial charge in [-0.05, 0) is 49.1 Å². The number of rotatable bonds is 6. The minimum atomic E-state index is -0.189. The van der Waals surface area contributed by atoms with Crippen molar-refractivity contribution in [2.24, 2.45) is 11.3 Å². The average Bonchev–Trinajstić information content (AvgIpc) is 3.03. The largest absolute Gasteiger partial charge is 0.396 e. The molecule has 0 radical (unpaired) electrons. The standard InChI is InChI=1S/C21H31NO2/c1-3-6-19(13-23)20(24)22-14-21(15-22)10-9-18(12-21)17-8-5-7-16(4-2)11-17/h5,7-8,11,18-19,23H,3-4,6,9-10,12-15H2,1-2H3/t18?,19-/m1/s1. The maximum absolute atomic E-state index is 12.5. The van der Waals surface area contributed by atoms with Crippen LogP contribution in [0.1, 0.15) is 63.0 Å². The predicted octanol–water partition coefficient (Wildman–Crippen LogP) is 3.75. The van der Waals surface area contributed by atoms with E-state index in [4.69, 9.17) is 0 Å². The lowest BCUT2D eigenvalue weighted by Crippen LogP contribution is -2.59. The Labute approximate surface area is 146 Å². The fraction of sp³-hybridized carbons (Fsp3) is 0.667. The summed E-state index contributed by atoms with van der Waals surface area (Å²) in [5, 5.41) is 9.45. The van der Waals surface area contributed by atoms with Crippen molar-refractivity contribution in [2.45, 2.75) is 58.3 Å². The van der Waals surface area contributed by atoms with Gasteiger partial charge in [0.05, 0.1) is 12.5 Å². The Balaban J connectivity index is 1.58. The van der Waals surface area contributed by atoms with Gasteiger partial charge in [0.2, 0.25) is 5.91 Å². The zero-order chi connectivity index (χ0) is 17.2. The molecule has 0 aromatic heterocycles. The molecule has 3 nitrogen and oxygen atoms in total. The van der Waals surface area contributed by atoms with Gasteiger partial charge in [-0.3, -0.25) is 4.79 Å². The van der Waals surface area contributed by atoms with Crippen LogP contribution in [0.4, 0.5) is 0 Å². The number of aliphatic hydroxyl groups excluding tert-OH is 1. The third kappa shape index (κ3) is 3.37. The lowest BCUT2D eigenvalue weighted by atomic mass is 9.76. The van der Waals surface area contributed by atoms with Crippen LogP contribution in [-0.4, -0.2) is 35.6 Å². The highest BCUT2D eigenvalue weighted by molar-refractivity contribution is 5.80. The first kappa shape index (κ1) is 17.5. The smallest absolute Gasteiger partial charge is 0.228 e. The number of carbonyl (C=O) groups excluding carboxylic acids is 1. The van der Waals surface area contributed by atoms with Gasteiger partial charge in [0.1, 0.15) is 0 Å². The van der Waals surface area contributed by atoms with E-state index in [-0.39, 0.29) is 18.4 Å². The molecule has 2 aliphatic rings. The van der Waals surface area contributed by atoms with Crippen LogP contribution in [0.5, 0.6) is 0 Å². The first-order chi connectivity index (χ1) is 11.6. The van der Waals surface area contributed by atoms with E-state index < -0.39 is 0 Å². The Hall–Kier alpha value is -1.35. The second-order valence-electron chi connectivity index (χ2n) is 7.90. The van der Waals surface area contributed by atoms with E-state index in [0.717, 1.165) is 32.4 Å². The topological polar surface area (TPSA) is 40.5 Å². The van der Waals surface area contributed by atoms with E-state index >= 15 is 0 Å². The van der Waals surface area contributed by atoms with Crippen molar-refractivity contribution < 1.29 is 9.90 Å². The number of amides is 1. The van der Waals surface area contributed by atoms with Crippen LogP contribution in [0.3, 0.4) is 0 Å². The van der Waals surface area contributed by atoms with Gasteiger partial charge in [-0.1, -0.05) is 44.5 Å². The van der Waals surface area contributed by atoms with Crippen LogP contribution in [0.25, 0.3) is 0 Å². The molecular formula is C21H31NO2. The van der Waals surface area contributed by atoms with Crippen LogP contribution in [0.15, 0.2) is 24.3 Å². The summed E-state index contributed by atoms with van der Waals surface area (Å²) in [5.74, 6) is 0.630. The fourth-order valence-corrected chi connectivity index (χ4v) is 4.66. The molecule has 1 aliphatic carbocycles. The first-order valence-corrected chi connectivity index (χ1v) is 9.59. The molecule has 1 unspecified atom stereocenters. The Kier molecular flexibility index (Phi) is 5.29. The zero-order valence-electron chi connectivity index (χ0n) is 15.1. The number of aryl methyl sites for hydroxylation is 1. The first-order valence-electron chi connectivity index (χ1n) is 9.59. The van der Waals surface area contributed by atoms with Gasteiger partial charge in [-0.25, -0.2) is 0 Å². The van der Waals surface area contributed by atoms with Gasteiger partial charge in [-0.2, -0.15) is 0 Å². The molecule has 1 N–H and O–H groups in total. The van der Waals surface area contributed by atoms with Crippen LogP contribution < -0.4 is 0 Å². The SMILES string of the molecule is CCC[C@H](CO)C(=O)N1CC2(CCC(c3cccc(CC)c3)C2)C1. The van der Waals surface area contributed by atoms with Crippen molar-refractivity contribution in [3.63, 3.8) is 0 Å². The van der Waals surface area contributed by atoms with Crippen LogP contribution in [0.2, 0.25) is 0 Å². The van der Waals surface area contributed by atoms with E-state index in [2.05, 4.69) is 38.1 Å². The summed E-state index contributed by atoms with van der Waals surface area (Å²) in [4.78, 5) is 14.5. The minimum Gasteiger partial charge on any atom is -0.396 e. The summed E-state index contributed by atoms with van der Waals surface area (Å²) in [6, 6.07) is 9.04. The zero-order valence-corrected chi connectivity index (χ0v) is 15.1. The van der Waals surface area contributed by atoms with Gasteiger partial charge in [0.15, 0.2) is 0 Å². The summed E-state index contributed by atoms with van der Waals surface area (Å²) in [7, 11) is 0. The maximum Gasteiger partial charge on any atom is 0.228 e. The molecule has 1 saturated carbocycles. The van der Waals surface area contributed by atoms with Crippen LogP contribution in [-0.2, 0) is 11.2 Å². The van der Waals surface area contributed by atoms with Gasteiger partial charge >= 0.3 is 0 Å². The molecule has 3 rings (SSSR count). The van der Waals surface area contributed by atoms with E-state index in [0.29, 0.717) is 11.3 Å². The fourth-order valence-electron chi connectivity index (χ4n) is 4.66. The Bertz CT molecular complexity index is 577. The highest BCUT2D eigenvalue weighted by Gasteiger charge is 2.50. The minimum absolute atomic E-state index is 0.0113. The molecule has 132 valence electrons. The number of hydrogen-bond acceptors (Lipinski definition) is 2. The molecule has 2 fully saturated rings. The summed E-state index contributed by atoms with van der Waals surface area (Å²) >= 11 is 0. The van der Waals surface area contributed by atoms with E-state index in [1.807, 2.05) is 4.90 Å². The average molecular weight is 329 g/mol. The summed E-state index contributed by atoms with van der Waals surface area (Å²) in [5.41, 5.74) is 3.24. The van der Waals surface area contributed by atoms with Crippen molar-refractivity contribution in [2.75, 3.05) is 19.7 Å². The third-order valence-electron chi connectivity index (χ3n) is 6.10. The van der Waals surface area contributed by atoms with Gasteiger partial charge in [0.25, 0.3) is 0 Å².